The average Bonchev–Trinajstić information content (AvgIpc) is 3.91. The number of rotatable bonds is 18. The zero-order valence-corrected chi connectivity index (χ0v) is 45.7. The van der Waals surface area contributed by atoms with E-state index in [1.807, 2.05) is 67.8 Å². The van der Waals surface area contributed by atoms with Crippen molar-refractivity contribution in [3.63, 3.8) is 0 Å². The van der Waals surface area contributed by atoms with Crippen molar-refractivity contribution in [1.82, 2.24) is 9.80 Å². The number of benzene rings is 1. The summed E-state index contributed by atoms with van der Waals surface area (Å²) < 4.78 is 65.4. The summed E-state index contributed by atoms with van der Waals surface area (Å²) in [6, 6.07) is 0. The number of hydrogen-bond donors (Lipinski definition) is 0. The number of esters is 2. The number of ketones is 1. The molecule has 0 N–H and O–H groups in total. The SMILES string of the molecule is CCOC(=O)COCC(=O)C(C(=O)OC(C)(C)C)c1c(I)c(C(=O)N(CC2COC(C)(C)O2)CC2COC(C)(C)O2)c(I)c(C(=O)N(CC2COC(C)(C)O2)CC2COC(C)(C)O2)c1I. The van der Waals surface area contributed by atoms with Crippen molar-refractivity contribution in [1.29, 1.82) is 0 Å². The second-order valence-corrected chi connectivity index (χ2v) is 22.3. The molecule has 21 heteroatoms. The van der Waals surface area contributed by atoms with Gasteiger partial charge in [0.2, 0.25) is 0 Å². The molecule has 0 spiro atoms. The number of carbonyl (C=O) groups is 5. The Balaban J connectivity index is 1.71. The van der Waals surface area contributed by atoms with E-state index in [-0.39, 0.29) is 86.6 Å². The molecule has 366 valence electrons. The zero-order valence-electron chi connectivity index (χ0n) is 39.2. The molecule has 1 aromatic rings. The quantitative estimate of drug-likeness (QED) is 0.101. The topological polar surface area (TPSA) is 193 Å². The predicted molar refractivity (Wildman–Crippen MR) is 257 cm³/mol. The Morgan fingerprint density at radius 3 is 1.26 bits per heavy atom. The molecule has 4 saturated heterocycles. The fourth-order valence-electron chi connectivity index (χ4n) is 7.80. The monoisotopic (exact) mass is 1260 g/mol. The van der Waals surface area contributed by atoms with Crippen LogP contribution in [0.15, 0.2) is 0 Å². The summed E-state index contributed by atoms with van der Waals surface area (Å²) in [5.74, 6) is -8.81. The van der Waals surface area contributed by atoms with Crippen LogP contribution >= 0.6 is 67.8 Å². The molecule has 0 aromatic heterocycles. The minimum Gasteiger partial charge on any atom is -0.464 e. The molecule has 0 bridgehead atoms. The molecule has 18 nitrogen and oxygen atoms in total. The van der Waals surface area contributed by atoms with Gasteiger partial charge in [0, 0.05) is 42.5 Å². The molecule has 0 aliphatic carbocycles. The van der Waals surface area contributed by atoms with Gasteiger partial charge in [-0.05, 0) is 151 Å². The van der Waals surface area contributed by atoms with Gasteiger partial charge in [0.05, 0.1) is 44.2 Å². The highest BCUT2D eigenvalue weighted by Crippen LogP contribution is 2.40. The van der Waals surface area contributed by atoms with Crippen LogP contribution in [0.5, 0.6) is 0 Å². The smallest absolute Gasteiger partial charge is 0.332 e. The van der Waals surface area contributed by atoms with E-state index in [1.54, 1.807) is 92.9 Å². The minimum atomic E-state index is -1.72. The first-order valence-corrected chi connectivity index (χ1v) is 24.8. The summed E-state index contributed by atoms with van der Waals surface area (Å²) in [5, 5.41) is 0. The van der Waals surface area contributed by atoms with Crippen molar-refractivity contribution in [2.45, 2.75) is 142 Å². The Hall–Kier alpha value is -1.40. The number of halogens is 3. The van der Waals surface area contributed by atoms with E-state index in [0.29, 0.717) is 0 Å². The van der Waals surface area contributed by atoms with E-state index in [0.717, 1.165) is 0 Å². The maximum atomic E-state index is 15.5. The van der Waals surface area contributed by atoms with Crippen LogP contribution in [0.4, 0.5) is 0 Å². The summed E-state index contributed by atoms with van der Waals surface area (Å²) in [5.41, 5.74) is -0.894. The standard InChI is InChI=1S/C44H63I3N2O16/c1-13-56-29(51)23-55-22-28(50)30(39(54)65-40(2,3)4)31-34(45)32(37(52)48(14-24-18-57-41(5,6)61-24)15-25-19-58-42(7,8)62-25)36(47)33(35(31)46)38(53)49(16-26-20-59-43(9,10)63-26)17-27-21-60-44(11,12)64-27/h24-27,30H,13-23H2,1-12H3. The lowest BCUT2D eigenvalue weighted by molar-refractivity contribution is -0.159. The van der Waals surface area contributed by atoms with Gasteiger partial charge in [0.25, 0.3) is 11.8 Å². The first kappa shape index (κ1) is 54.5. The van der Waals surface area contributed by atoms with Gasteiger partial charge in [-0.2, -0.15) is 0 Å². The molecular weight excluding hydrogens is 1190 g/mol. The molecule has 0 saturated carbocycles. The Morgan fingerprint density at radius 1 is 0.615 bits per heavy atom. The maximum Gasteiger partial charge on any atom is 0.332 e. The fourth-order valence-corrected chi connectivity index (χ4v) is 12.5. The highest BCUT2D eigenvalue weighted by Gasteiger charge is 2.45. The Bertz CT molecular complexity index is 1800. The molecule has 0 radical (unpaired) electrons. The average molecular weight is 1260 g/mol. The highest BCUT2D eigenvalue weighted by molar-refractivity contribution is 14.1. The van der Waals surface area contributed by atoms with Crippen LogP contribution in [0.25, 0.3) is 0 Å². The third-order valence-electron chi connectivity index (χ3n) is 10.3. The molecule has 2 amide bonds. The van der Waals surface area contributed by atoms with Gasteiger partial charge in [0.15, 0.2) is 28.9 Å². The summed E-state index contributed by atoms with van der Waals surface area (Å²) in [4.78, 5) is 75.4. The first-order valence-electron chi connectivity index (χ1n) is 21.6. The van der Waals surface area contributed by atoms with Gasteiger partial charge in [-0.1, -0.05) is 0 Å². The molecule has 4 fully saturated rings. The van der Waals surface area contributed by atoms with E-state index in [4.69, 9.17) is 52.1 Å². The van der Waals surface area contributed by atoms with Crippen molar-refractivity contribution >= 4 is 97.3 Å². The number of hydrogen-bond acceptors (Lipinski definition) is 16. The minimum absolute atomic E-state index is 0.0539. The summed E-state index contributed by atoms with van der Waals surface area (Å²) in [6.45, 7) is 20.8. The number of amides is 2. The van der Waals surface area contributed by atoms with Gasteiger partial charge in [-0.15, -0.1) is 0 Å². The number of Topliss-reactive ketones (excluding diaryl/α,β-unsaturated/α-hetero) is 1. The van der Waals surface area contributed by atoms with Crippen molar-refractivity contribution in [2.75, 3.05) is 72.4 Å². The lowest BCUT2D eigenvalue weighted by Crippen LogP contribution is -2.46. The zero-order chi connectivity index (χ0) is 48.4. The number of ether oxygens (including phenoxy) is 11. The molecule has 4 heterocycles. The number of nitrogens with zero attached hydrogens (tertiary/aromatic N) is 2. The van der Waals surface area contributed by atoms with Gasteiger partial charge >= 0.3 is 11.9 Å². The van der Waals surface area contributed by atoms with Gasteiger partial charge in [-0.25, -0.2) is 4.79 Å². The molecule has 5 unspecified atom stereocenters. The molecule has 65 heavy (non-hydrogen) atoms. The Labute approximate surface area is 422 Å². The van der Waals surface area contributed by atoms with Crippen molar-refractivity contribution in [3.8, 4) is 0 Å². The van der Waals surface area contributed by atoms with E-state index in [9.17, 15) is 14.4 Å². The van der Waals surface area contributed by atoms with Crippen LogP contribution in [0.3, 0.4) is 0 Å². The predicted octanol–water partition coefficient (Wildman–Crippen LogP) is 5.56. The van der Waals surface area contributed by atoms with Gasteiger partial charge in [0.1, 0.15) is 49.1 Å². The van der Waals surface area contributed by atoms with Crippen LogP contribution in [0.2, 0.25) is 0 Å². The van der Waals surface area contributed by atoms with Crippen molar-refractivity contribution < 1.29 is 76.1 Å². The normalized spacial score (nSPS) is 24.7. The van der Waals surface area contributed by atoms with Gasteiger partial charge in [-0.3, -0.25) is 19.2 Å². The van der Waals surface area contributed by atoms with E-state index >= 15 is 9.59 Å². The summed E-state index contributed by atoms with van der Waals surface area (Å²) >= 11 is 5.92. The second kappa shape index (κ2) is 21.7. The first-order chi connectivity index (χ1) is 30.0. The van der Waals surface area contributed by atoms with E-state index < -0.39 is 102 Å². The third kappa shape index (κ3) is 14.8. The molecule has 1 aromatic carbocycles. The third-order valence-corrected chi connectivity index (χ3v) is 13.7. The van der Waals surface area contributed by atoms with Crippen molar-refractivity contribution in [3.05, 3.63) is 27.4 Å². The van der Waals surface area contributed by atoms with Crippen LogP contribution < -0.4 is 0 Å². The summed E-state index contributed by atoms with van der Waals surface area (Å²) in [7, 11) is 0. The molecular formula is C44H63I3N2O16. The summed E-state index contributed by atoms with van der Waals surface area (Å²) in [6.07, 6.45) is -2.16. The van der Waals surface area contributed by atoms with E-state index in [1.165, 1.54) is 0 Å². The molecule has 4 aliphatic heterocycles. The van der Waals surface area contributed by atoms with Crippen LogP contribution in [-0.2, 0) is 66.5 Å². The molecule has 4 aliphatic rings. The maximum absolute atomic E-state index is 15.5. The lowest BCUT2D eigenvalue weighted by Gasteiger charge is -2.32. The number of carbonyl (C=O) groups excluding carboxylic acids is 5. The highest BCUT2D eigenvalue weighted by atomic mass is 127. The largest absolute Gasteiger partial charge is 0.464 e. The van der Waals surface area contributed by atoms with Gasteiger partial charge < -0.3 is 61.9 Å². The molecule has 5 atom stereocenters. The van der Waals surface area contributed by atoms with Crippen molar-refractivity contribution in [2.24, 2.45) is 0 Å². The molecule has 5 rings (SSSR count). The Morgan fingerprint density at radius 2 is 0.969 bits per heavy atom. The fraction of sp³-hybridized carbons (Fsp3) is 0.750. The van der Waals surface area contributed by atoms with E-state index in [2.05, 4.69) is 0 Å². The Kier molecular flexibility index (Phi) is 18.2. The second-order valence-electron chi connectivity index (χ2n) is 19.1. The van der Waals surface area contributed by atoms with Crippen LogP contribution in [0, 0.1) is 10.7 Å². The van der Waals surface area contributed by atoms with Crippen LogP contribution in [-0.4, -0.2) is 165 Å². The lowest BCUT2D eigenvalue weighted by atomic mass is 9.90. The van der Waals surface area contributed by atoms with Crippen LogP contribution in [0.1, 0.15) is 115 Å².